The highest BCUT2D eigenvalue weighted by molar-refractivity contribution is 7.91. The van der Waals surface area contributed by atoms with Gasteiger partial charge < -0.3 is 11.1 Å². The van der Waals surface area contributed by atoms with E-state index in [-0.39, 0.29) is 24.4 Å². The molecule has 8 heteroatoms. The lowest BCUT2D eigenvalue weighted by Gasteiger charge is -2.26. The van der Waals surface area contributed by atoms with Gasteiger partial charge in [-0.25, -0.2) is 8.42 Å². The fourth-order valence-electron chi connectivity index (χ4n) is 3.52. The van der Waals surface area contributed by atoms with Gasteiger partial charge in [0.15, 0.2) is 0 Å². The lowest BCUT2D eigenvalue weighted by Crippen LogP contribution is -2.41. The number of hydrogen-bond donors (Lipinski definition) is 2. The van der Waals surface area contributed by atoms with Gasteiger partial charge in [0, 0.05) is 30.1 Å². The summed E-state index contributed by atoms with van der Waals surface area (Å²) in [6.07, 6.45) is 6.91. The zero-order chi connectivity index (χ0) is 17.9. The van der Waals surface area contributed by atoms with Crippen LogP contribution in [0.25, 0.3) is 0 Å². The number of nitrogens with zero attached hydrogens (tertiary/aromatic N) is 1. The molecule has 1 aromatic rings. The zero-order valence-corrected chi connectivity index (χ0v) is 16.1. The van der Waals surface area contributed by atoms with Crippen LogP contribution in [0.3, 0.4) is 0 Å². The van der Waals surface area contributed by atoms with E-state index in [0.717, 1.165) is 49.8 Å². The highest BCUT2D eigenvalue weighted by Gasteiger charge is 2.27. The van der Waals surface area contributed by atoms with Crippen molar-refractivity contribution < 1.29 is 13.2 Å². The second-order valence-electron chi connectivity index (χ2n) is 7.04. The second-order valence-corrected chi connectivity index (χ2v) is 10.4. The number of nitrogens with one attached hydrogen (secondary N) is 1. The lowest BCUT2D eigenvalue weighted by atomic mass is 9.92. The molecule has 0 spiro atoms. The molecule has 1 saturated carbocycles. The highest BCUT2D eigenvalue weighted by Crippen LogP contribution is 2.27. The van der Waals surface area contributed by atoms with Gasteiger partial charge in [0.2, 0.25) is 5.91 Å². The summed E-state index contributed by atoms with van der Waals surface area (Å²) < 4.78 is 27.2. The molecule has 1 saturated heterocycles. The molecule has 25 heavy (non-hydrogen) atoms. The van der Waals surface area contributed by atoms with E-state index in [4.69, 9.17) is 5.73 Å². The zero-order valence-electron chi connectivity index (χ0n) is 14.4. The van der Waals surface area contributed by atoms with Gasteiger partial charge in [-0.05, 0) is 50.7 Å². The molecule has 3 N–H and O–H groups in total. The largest absolute Gasteiger partial charge is 0.353 e. The van der Waals surface area contributed by atoms with Gasteiger partial charge in [-0.2, -0.15) is 4.31 Å². The smallest absolute Gasteiger partial charge is 0.252 e. The van der Waals surface area contributed by atoms with Crippen LogP contribution in [-0.2, 0) is 21.2 Å². The van der Waals surface area contributed by atoms with Gasteiger partial charge in [0.25, 0.3) is 10.0 Å². The normalized spacial score (nSPS) is 25.6. The van der Waals surface area contributed by atoms with Crippen LogP contribution in [0.5, 0.6) is 0 Å². The quantitative estimate of drug-likeness (QED) is 0.809. The highest BCUT2D eigenvalue weighted by atomic mass is 32.2. The average molecular weight is 386 g/mol. The van der Waals surface area contributed by atoms with Gasteiger partial charge in [0.1, 0.15) is 4.21 Å². The SMILES string of the molecule is NC1CCC(NC(=O)Cc2ccc(S(=O)(=O)N3CCCCC3)s2)CC1. The minimum absolute atomic E-state index is 0.0377. The first kappa shape index (κ1) is 18.8. The van der Waals surface area contributed by atoms with Crippen LogP contribution >= 0.6 is 11.3 Å². The lowest BCUT2D eigenvalue weighted by molar-refractivity contribution is -0.121. The van der Waals surface area contributed by atoms with E-state index in [1.54, 1.807) is 16.4 Å². The van der Waals surface area contributed by atoms with Crippen LogP contribution in [0.15, 0.2) is 16.3 Å². The number of carbonyl (C=O) groups excluding carboxylic acids is 1. The standard InChI is InChI=1S/C17H27N3O3S2/c18-13-4-6-14(7-5-13)19-16(21)12-15-8-9-17(24-15)25(22,23)20-10-2-1-3-11-20/h8-9,13-14H,1-7,10-12,18H2,(H,19,21). The van der Waals surface area contributed by atoms with Crippen LogP contribution in [0.2, 0.25) is 0 Å². The molecule has 3 rings (SSSR count). The first-order chi connectivity index (χ1) is 11.9. The number of sulfonamides is 1. The Labute approximate surface area is 153 Å². The number of thiophene rings is 1. The molecule has 1 aliphatic carbocycles. The van der Waals surface area contributed by atoms with Crippen molar-refractivity contribution in [1.29, 1.82) is 0 Å². The Morgan fingerprint density at radius 3 is 2.52 bits per heavy atom. The van der Waals surface area contributed by atoms with Crippen molar-refractivity contribution in [3.63, 3.8) is 0 Å². The van der Waals surface area contributed by atoms with E-state index in [1.807, 2.05) is 0 Å². The van der Waals surface area contributed by atoms with Crippen molar-refractivity contribution in [2.24, 2.45) is 5.73 Å². The van der Waals surface area contributed by atoms with Crippen LogP contribution in [0.1, 0.15) is 49.8 Å². The minimum atomic E-state index is -3.40. The predicted molar refractivity (Wildman–Crippen MR) is 99.0 cm³/mol. The van der Waals surface area contributed by atoms with E-state index in [0.29, 0.717) is 17.3 Å². The van der Waals surface area contributed by atoms with E-state index in [2.05, 4.69) is 5.32 Å². The molecule has 0 atom stereocenters. The number of piperidine rings is 1. The Hall–Kier alpha value is -0.960. The summed E-state index contributed by atoms with van der Waals surface area (Å²) in [6.45, 7) is 1.19. The minimum Gasteiger partial charge on any atom is -0.353 e. The van der Waals surface area contributed by atoms with Crippen LogP contribution in [0.4, 0.5) is 0 Å². The predicted octanol–water partition coefficient (Wildman–Crippen LogP) is 1.85. The number of hydrogen-bond acceptors (Lipinski definition) is 5. The molecule has 0 radical (unpaired) electrons. The first-order valence-electron chi connectivity index (χ1n) is 9.09. The molecule has 2 heterocycles. The number of carbonyl (C=O) groups is 1. The van der Waals surface area contributed by atoms with Crippen molar-refractivity contribution in [1.82, 2.24) is 9.62 Å². The number of rotatable bonds is 5. The Bertz CT molecular complexity index is 688. The Morgan fingerprint density at radius 2 is 1.84 bits per heavy atom. The maximum atomic E-state index is 12.7. The molecule has 0 bridgehead atoms. The van der Waals surface area contributed by atoms with Gasteiger partial charge in [-0.1, -0.05) is 6.42 Å². The molecule has 1 aliphatic heterocycles. The molecule has 0 aromatic carbocycles. The third kappa shape index (κ3) is 4.81. The summed E-state index contributed by atoms with van der Waals surface area (Å²) in [4.78, 5) is 13.0. The van der Waals surface area contributed by atoms with Crippen LogP contribution in [0, 0.1) is 0 Å². The second kappa shape index (κ2) is 8.16. The third-order valence-corrected chi connectivity index (χ3v) is 8.47. The van der Waals surface area contributed by atoms with Crippen molar-refractivity contribution in [2.45, 2.75) is 67.7 Å². The van der Waals surface area contributed by atoms with Gasteiger partial charge in [-0.3, -0.25) is 4.79 Å². The molecule has 1 aromatic heterocycles. The first-order valence-corrected chi connectivity index (χ1v) is 11.3. The molecule has 140 valence electrons. The maximum absolute atomic E-state index is 12.7. The van der Waals surface area contributed by atoms with Gasteiger partial charge in [0.05, 0.1) is 6.42 Å². The van der Waals surface area contributed by atoms with E-state index in [9.17, 15) is 13.2 Å². The molecule has 0 unspecified atom stereocenters. The summed E-state index contributed by atoms with van der Waals surface area (Å²) in [5.41, 5.74) is 5.88. The van der Waals surface area contributed by atoms with E-state index < -0.39 is 10.0 Å². The van der Waals surface area contributed by atoms with Gasteiger partial charge >= 0.3 is 0 Å². The average Bonchev–Trinajstić information content (AvgIpc) is 3.07. The number of nitrogens with two attached hydrogens (primary N) is 1. The van der Waals surface area contributed by atoms with Crippen molar-refractivity contribution in [3.05, 3.63) is 17.0 Å². The topological polar surface area (TPSA) is 92.5 Å². The monoisotopic (exact) mass is 385 g/mol. The molecule has 2 fully saturated rings. The van der Waals surface area contributed by atoms with E-state index >= 15 is 0 Å². The maximum Gasteiger partial charge on any atom is 0.252 e. The Kier molecular flexibility index (Phi) is 6.14. The van der Waals surface area contributed by atoms with Gasteiger partial charge in [-0.15, -0.1) is 11.3 Å². The summed E-state index contributed by atoms with van der Waals surface area (Å²) in [5, 5.41) is 3.05. The molecular formula is C17H27N3O3S2. The summed E-state index contributed by atoms with van der Waals surface area (Å²) in [5.74, 6) is -0.0377. The molecule has 6 nitrogen and oxygen atoms in total. The van der Waals surface area contributed by atoms with Crippen molar-refractivity contribution in [2.75, 3.05) is 13.1 Å². The fourth-order valence-corrected chi connectivity index (χ4v) is 6.55. The molecule has 2 aliphatic rings. The fraction of sp³-hybridized carbons (Fsp3) is 0.706. The summed E-state index contributed by atoms with van der Waals surface area (Å²) in [6, 6.07) is 3.85. The number of amides is 1. The third-order valence-electron chi connectivity index (χ3n) is 5.02. The Morgan fingerprint density at radius 1 is 1.16 bits per heavy atom. The molecule has 1 amide bonds. The summed E-state index contributed by atoms with van der Waals surface area (Å²) >= 11 is 1.21. The van der Waals surface area contributed by atoms with Crippen LogP contribution < -0.4 is 11.1 Å². The Balaban J connectivity index is 1.56. The summed E-state index contributed by atoms with van der Waals surface area (Å²) in [7, 11) is -3.40. The van der Waals surface area contributed by atoms with E-state index in [1.165, 1.54) is 11.3 Å². The van der Waals surface area contributed by atoms with Crippen molar-refractivity contribution >= 4 is 27.3 Å². The van der Waals surface area contributed by atoms with Crippen LogP contribution in [-0.4, -0.2) is 43.8 Å². The van der Waals surface area contributed by atoms with Crippen molar-refractivity contribution in [3.8, 4) is 0 Å². The molecular weight excluding hydrogens is 358 g/mol.